The monoisotopic (exact) mass is 390 g/mol. The van der Waals surface area contributed by atoms with Crippen molar-refractivity contribution in [1.82, 2.24) is 0 Å². The quantitative estimate of drug-likeness (QED) is 0.342. The second-order valence-electron chi connectivity index (χ2n) is 4.13. The zero-order valence-corrected chi connectivity index (χ0v) is 13.9. The van der Waals surface area contributed by atoms with Gasteiger partial charge in [-0.3, -0.25) is 4.79 Å². The molecule has 0 aliphatic carbocycles. The molecule has 20 heavy (non-hydrogen) atoms. The number of esters is 2. The molecule has 0 aliphatic rings. The van der Waals surface area contributed by atoms with Crippen LogP contribution in [0.25, 0.3) is 0 Å². The number of carbonyl (C=O) groups excluding carboxylic acids is 2. The van der Waals surface area contributed by atoms with Crippen LogP contribution in [0.3, 0.4) is 0 Å². The Morgan fingerprint density at radius 2 is 1.80 bits per heavy atom. The molecule has 1 aromatic carbocycles. The van der Waals surface area contributed by atoms with Crippen LogP contribution in [0.5, 0.6) is 17.2 Å². The largest absolute Gasteiger partial charge is 0.495 e. The SMILES string of the molecule is C=C(C)C(=O)Oc1cc(C)c(OC)c(I)c1OC(C)=O. The van der Waals surface area contributed by atoms with Crippen molar-refractivity contribution in [2.75, 3.05) is 7.11 Å². The van der Waals surface area contributed by atoms with E-state index in [1.165, 1.54) is 21.0 Å². The van der Waals surface area contributed by atoms with Crippen molar-refractivity contribution >= 4 is 34.5 Å². The number of halogens is 1. The molecule has 5 nitrogen and oxygen atoms in total. The predicted octanol–water partition coefficient (Wildman–Crippen LogP) is 3.02. The van der Waals surface area contributed by atoms with Crippen LogP contribution in [0.2, 0.25) is 0 Å². The fourth-order valence-corrected chi connectivity index (χ4v) is 2.49. The number of rotatable bonds is 4. The van der Waals surface area contributed by atoms with E-state index in [-0.39, 0.29) is 17.1 Å². The van der Waals surface area contributed by atoms with Crippen molar-refractivity contribution < 1.29 is 23.8 Å². The predicted molar refractivity (Wildman–Crippen MR) is 82.2 cm³/mol. The number of hydrogen-bond acceptors (Lipinski definition) is 5. The lowest BCUT2D eigenvalue weighted by atomic mass is 10.2. The van der Waals surface area contributed by atoms with Gasteiger partial charge >= 0.3 is 11.9 Å². The molecule has 108 valence electrons. The minimum Gasteiger partial charge on any atom is -0.495 e. The standard InChI is InChI=1S/C14H15IO5/c1-7(2)14(17)20-10-6-8(3)12(18-5)11(15)13(10)19-9(4)16/h6H,1H2,2-5H3. The summed E-state index contributed by atoms with van der Waals surface area (Å²) in [6.07, 6.45) is 0. The van der Waals surface area contributed by atoms with E-state index < -0.39 is 11.9 Å². The first-order valence-electron chi connectivity index (χ1n) is 5.71. The van der Waals surface area contributed by atoms with E-state index in [9.17, 15) is 9.59 Å². The first-order valence-corrected chi connectivity index (χ1v) is 6.79. The Kier molecular flexibility index (Phi) is 5.55. The minimum atomic E-state index is -0.584. The second-order valence-corrected chi connectivity index (χ2v) is 5.21. The molecule has 0 heterocycles. The Morgan fingerprint density at radius 1 is 1.20 bits per heavy atom. The van der Waals surface area contributed by atoms with Crippen molar-refractivity contribution in [1.29, 1.82) is 0 Å². The maximum absolute atomic E-state index is 11.6. The van der Waals surface area contributed by atoms with Gasteiger partial charge in [0.1, 0.15) is 9.32 Å². The molecule has 0 radical (unpaired) electrons. The molecule has 0 amide bonds. The normalized spacial score (nSPS) is 9.85. The van der Waals surface area contributed by atoms with Gasteiger partial charge in [-0.25, -0.2) is 4.79 Å². The van der Waals surface area contributed by atoms with Crippen LogP contribution in [-0.2, 0) is 9.59 Å². The van der Waals surface area contributed by atoms with Crippen molar-refractivity contribution in [3.05, 3.63) is 27.4 Å². The summed E-state index contributed by atoms with van der Waals surface area (Å²) >= 11 is 1.97. The van der Waals surface area contributed by atoms with Crippen LogP contribution in [0.15, 0.2) is 18.2 Å². The fourth-order valence-electron chi connectivity index (χ4n) is 1.46. The van der Waals surface area contributed by atoms with Crippen molar-refractivity contribution in [2.45, 2.75) is 20.8 Å². The Morgan fingerprint density at radius 3 is 2.25 bits per heavy atom. The van der Waals surface area contributed by atoms with Gasteiger partial charge in [0, 0.05) is 12.5 Å². The van der Waals surface area contributed by atoms with Gasteiger partial charge < -0.3 is 14.2 Å². The molecule has 0 spiro atoms. The van der Waals surface area contributed by atoms with E-state index >= 15 is 0 Å². The first-order chi connectivity index (χ1) is 9.27. The van der Waals surface area contributed by atoms with Gasteiger partial charge in [-0.2, -0.15) is 0 Å². The van der Waals surface area contributed by atoms with Gasteiger partial charge in [-0.1, -0.05) is 6.58 Å². The van der Waals surface area contributed by atoms with Gasteiger partial charge in [0.15, 0.2) is 11.5 Å². The highest BCUT2D eigenvalue weighted by Crippen LogP contribution is 2.41. The summed E-state index contributed by atoms with van der Waals surface area (Å²) in [6.45, 7) is 8.12. The van der Waals surface area contributed by atoms with Crippen molar-refractivity contribution in [3.8, 4) is 17.2 Å². The van der Waals surface area contributed by atoms with E-state index in [2.05, 4.69) is 6.58 Å². The third-order valence-electron chi connectivity index (χ3n) is 2.33. The maximum atomic E-state index is 11.6. The van der Waals surface area contributed by atoms with Gasteiger partial charge in [-0.15, -0.1) is 0 Å². The molecule has 6 heteroatoms. The highest BCUT2D eigenvalue weighted by atomic mass is 127. The van der Waals surface area contributed by atoms with Crippen LogP contribution < -0.4 is 14.2 Å². The number of benzene rings is 1. The van der Waals surface area contributed by atoms with E-state index in [4.69, 9.17) is 14.2 Å². The lowest BCUT2D eigenvalue weighted by Crippen LogP contribution is -2.12. The summed E-state index contributed by atoms with van der Waals surface area (Å²) in [7, 11) is 1.52. The highest BCUT2D eigenvalue weighted by Gasteiger charge is 2.21. The molecule has 0 aliphatic heterocycles. The summed E-state index contributed by atoms with van der Waals surface area (Å²) in [5.41, 5.74) is 1.01. The molecular formula is C14H15IO5. The average molecular weight is 390 g/mol. The number of carbonyl (C=O) groups is 2. The lowest BCUT2D eigenvalue weighted by molar-refractivity contribution is -0.133. The van der Waals surface area contributed by atoms with E-state index in [1.54, 1.807) is 13.0 Å². The smallest absolute Gasteiger partial charge is 0.338 e. The molecule has 0 saturated heterocycles. The van der Waals surface area contributed by atoms with Crippen LogP contribution >= 0.6 is 22.6 Å². The van der Waals surface area contributed by atoms with Gasteiger partial charge in [0.25, 0.3) is 0 Å². The van der Waals surface area contributed by atoms with Crippen LogP contribution in [-0.4, -0.2) is 19.0 Å². The summed E-state index contributed by atoms with van der Waals surface area (Å²) in [4.78, 5) is 22.8. The second kappa shape index (κ2) is 6.74. The number of hydrogen-bond donors (Lipinski definition) is 0. The molecule has 1 aromatic rings. The van der Waals surface area contributed by atoms with Crippen molar-refractivity contribution in [2.24, 2.45) is 0 Å². The van der Waals surface area contributed by atoms with Crippen LogP contribution in [0, 0.1) is 10.5 Å². The Balaban J connectivity index is 3.37. The third kappa shape index (κ3) is 3.72. The maximum Gasteiger partial charge on any atom is 0.338 e. The molecule has 0 fully saturated rings. The molecule has 0 N–H and O–H groups in total. The Labute approximate surface area is 131 Å². The van der Waals surface area contributed by atoms with Gasteiger partial charge in [-0.05, 0) is 48.1 Å². The molecular weight excluding hydrogens is 375 g/mol. The van der Waals surface area contributed by atoms with Gasteiger partial charge in [0.2, 0.25) is 0 Å². The summed E-state index contributed by atoms with van der Waals surface area (Å²) in [6, 6.07) is 1.58. The molecule has 1 rings (SSSR count). The average Bonchev–Trinajstić information content (AvgIpc) is 2.34. The van der Waals surface area contributed by atoms with E-state index in [0.717, 1.165) is 5.56 Å². The zero-order valence-electron chi connectivity index (χ0n) is 11.7. The molecule has 0 saturated carbocycles. The van der Waals surface area contributed by atoms with Crippen LogP contribution in [0.1, 0.15) is 19.4 Å². The number of methoxy groups -OCH3 is 1. The minimum absolute atomic E-state index is 0.162. The zero-order chi connectivity index (χ0) is 15.4. The Hall–Kier alpha value is -1.57. The molecule has 0 bridgehead atoms. The van der Waals surface area contributed by atoms with Crippen LogP contribution in [0.4, 0.5) is 0 Å². The summed E-state index contributed by atoms with van der Waals surface area (Å²) in [5.74, 6) is -0.205. The molecule has 0 unspecified atom stereocenters. The molecule has 0 aromatic heterocycles. The summed E-state index contributed by atoms with van der Waals surface area (Å²) in [5, 5.41) is 0. The Bertz CT molecular complexity index is 577. The van der Waals surface area contributed by atoms with E-state index in [0.29, 0.717) is 9.32 Å². The number of aryl methyl sites for hydroxylation is 1. The lowest BCUT2D eigenvalue weighted by Gasteiger charge is -2.15. The molecule has 0 atom stereocenters. The van der Waals surface area contributed by atoms with Gasteiger partial charge in [0.05, 0.1) is 7.11 Å². The van der Waals surface area contributed by atoms with E-state index in [1.807, 2.05) is 22.6 Å². The highest BCUT2D eigenvalue weighted by molar-refractivity contribution is 14.1. The number of ether oxygens (including phenoxy) is 3. The summed E-state index contributed by atoms with van der Waals surface area (Å²) < 4.78 is 16.1. The first kappa shape index (κ1) is 16.5. The fraction of sp³-hybridized carbons (Fsp3) is 0.286. The third-order valence-corrected chi connectivity index (χ3v) is 3.31. The van der Waals surface area contributed by atoms with Crippen molar-refractivity contribution in [3.63, 3.8) is 0 Å². The topological polar surface area (TPSA) is 61.8 Å².